The molecule has 0 atom stereocenters. The molecule has 1 N–H and O–H groups in total. The van der Waals surface area contributed by atoms with Crippen molar-refractivity contribution in [2.24, 2.45) is 0 Å². The van der Waals surface area contributed by atoms with Crippen LogP contribution in [0.1, 0.15) is 27.9 Å². The van der Waals surface area contributed by atoms with Gasteiger partial charge >= 0.3 is 0 Å². The molecule has 0 fully saturated rings. The van der Waals surface area contributed by atoms with Gasteiger partial charge < -0.3 is 14.8 Å². The molecular formula is C24H22N4O3S. The van der Waals surface area contributed by atoms with Gasteiger partial charge in [0, 0.05) is 25.0 Å². The largest absolute Gasteiger partial charge is 0.490 e. The van der Waals surface area contributed by atoms with Crippen LogP contribution in [0.4, 0.5) is 0 Å². The summed E-state index contributed by atoms with van der Waals surface area (Å²) in [5.41, 5.74) is 2.30. The Labute approximate surface area is 190 Å². The number of amides is 1. The number of aromatic nitrogens is 3. The summed E-state index contributed by atoms with van der Waals surface area (Å²) in [5.74, 6) is 1.55. The summed E-state index contributed by atoms with van der Waals surface area (Å²) in [7, 11) is 0. The molecule has 0 spiro atoms. The number of ether oxygens (including phenoxy) is 2. The van der Waals surface area contributed by atoms with Crippen LogP contribution in [0, 0.1) is 6.92 Å². The van der Waals surface area contributed by atoms with Crippen LogP contribution in [-0.4, -0.2) is 27.5 Å². The van der Waals surface area contributed by atoms with Crippen molar-refractivity contribution in [2.45, 2.75) is 20.4 Å². The first-order chi connectivity index (χ1) is 15.6. The standard InChI is InChI=1S/C24H22N4O3S/c1-3-30-19-9-4-5-10-20(19)31-21-12-11-17(14-26-21)15-27-23(29)22-16(2)28-24(32-22)18-8-6-7-13-25-18/h4-14H,3,15H2,1-2H3,(H,27,29). The number of carbonyl (C=O) groups excluding carboxylic acids is 1. The summed E-state index contributed by atoms with van der Waals surface area (Å²) in [6.45, 7) is 4.64. The van der Waals surface area contributed by atoms with Gasteiger partial charge in [-0.15, -0.1) is 11.3 Å². The number of thiazole rings is 1. The lowest BCUT2D eigenvalue weighted by Crippen LogP contribution is -2.22. The van der Waals surface area contributed by atoms with E-state index in [0.29, 0.717) is 41.1 Å². The molecule has 0 bridgehead atoms. The maximum Gasteiger partial charge on any atom is 0.263 e. The minimum atomic E-state index is -0.173. The fourth-order valence-electron chi connectivity index (χ4n) is 2.97. The highest BCUT2D eigenvalue weighted by atomic mass is 32.1. The van der Waals surface area contributed by atoms with Gasteiger partial charge in [-0.3, -0.25) is 9.78 Å². The van der Waals surface area contributed by atoms with Gasteiger partial charge in [0.2, 0.25) is 5.88 Å². The first kappa shape index (κ1) is 21.5. The third-order valence-corrected chi connectivity index (χ3v) is 5.68. The Balaban J connectivity index is 1.38. The van der Waals surface area contributed by atoms with Gasteiger partial charge in [-0.2, -0.15) is 0 Å². The summed E-state index contributed by atoms with van der Waals surface area (Å²) in [6, 6.07) is 16.7. The van der Waals surface area contributed by atoms with Gasteiger partial charge in [0.15, 0.2) is 11.5 Å². The van der Waals surface area contributed by atoms with Crippen molar-refractivity contribution in [1.29, 1.82) is 0 Å². The SMILES string of the molecule is CCOc1ccccc1Oc1ccc(CNC(=O)c2sc(-c3ccccn3)nc2C)cn1. The zero-order chi connectivity index (χ0) is 22.3. The molecule has 162 valence electrons. The quantitative estimate of drug-likeness (QED) is 0.409. The first-order valence-corrected chi connectivity index (χ1v) is 11.0. The van der Waals surface area contributed by atoms with Gasteiger partial charge in [0.1, 0.15) is 9.88 Å². The first-order valence-electron chi connectivity index (χ1n) is 10.2. The molecule has 0 saturated heterocycles. The summed E-state index contributed by atoms with van der Waals surface area (Å²) in [6.07, 6.45) is 3.39. The van der Waals surface area contributed by atoms with Crippen molar-refractivity contribution in [3.05, 3.63) is 83.1 Å². The second-order valence-electron chi connectivity index (χ2n) is 6.82. The van der Waals surface area contributed by atoms with E-state index in [0.717, 1.165) is 16.3 Å². The van der Waals surface area contributed by atoms with Crippen LogP contribution in [0.2, 0.25) is 0 Å². The number of pyridine rings is 2. The predicted octanol–water partition coefficient (Wildman–Crippen LogP) is 5.03. The Morgan fingerprint density at radius 3 is 2.56 bits per heavy atom. The second-order valence-corrected chi connectivity index (χ2v) is 7.82. The van der Waals surface area contributed by atoms with E-state index < -0.39 is 0 Å². The molecule has 7 nitrogen and oxygen atoms in total. The number of para-hydroxylation sites is 2. The molecule has 0 unspecified atom stereocenters. The maximum absolute atomic E-state index is 12.7. The molecule has 0 radical (unpaired) electrons. The molecule has 0 aliphatic rings. The molecule has 32 heavy (non-hydrogen) atoms. The molecule has 0 aliphatic heterocycles. The molecule has 3 aromatic heterocycles. The number of rotatable bonds is 8. The van der Waals surface area contributed by atoms with Gasteiger partial charge in [-0.05, 0) is 43.7 Å². The highest BCUT2D eigenvalue weighted by Crippen LogP contribution is 2.30. The van der Waals surface area contributed by atoms with Crippen LogP contribution in [0.15, 0.2) is 67.0 Å². The fraction of sp³-hybridized carbons (Fsp3) is 0.167. The normalized spacial score (nSPS) is 10.6. The summed E-state index contributed by atoms with van der Waals surface area (Å²) in [4.78, 5) is 26.4. The Hall–Kier alpha value is -3.78. The average Bonchev–Trinajstić information content (AvgIpc) is 3.22. The second kappa shape index (κ2) is 10.0. The number of nitrogens with one attached hydrogen (secondary N) is 1. The van der Waals surface area contributed by atoms with Crippen LogP contribution in [-0.2, 0) is 6.54 Å². The lowest BCUT2D eigenvalue weighted by atomic mass is 10.2. The lowest BCUT2D eigenvalue weighted by molar-refractivity contribution is 0.0954. The van der Waals surface area contributed by atoms with Crippen molar-refractivity contribution < 1.29 is 14.3 Å². The number of benzene rings is 1. The third-order valence-electron chi connectivity index (χ3n) is 4.50. The molecule has 8 heteroatoms. The zero-order valence-electron chi connectivity index (χ0n) is 17.7. The van der Waals surface area contributed by atoms with Gasteiger partial charge in [0.25, 0.3) is 5.91 Å². The number of nitrogens with zero attached hydrogens (tertiary/aromatic N) is 3. The highest BCUT2D eigenvalue weighted by molar-refractivity contribution is 7.17. The highest BCUT2D eigenvalue weighted by Gasteiger charge is 2.16. The monoisotopic (exact) mass is 446 g/mol. The minimum absolute atomic E-state index is 0.173. The molecule has 0 saturated carbocycles. The van der Waals surface area contributed by atoms with Crippen LogP contribution >= 0.6 is 11.3 Å². The van der Waals surface area contributed by atoms with Gasteiger partial charge in [-0.25, -0.2) is 9.97 Å². The number of aryl methyl sites for hydroxylation is 1. The summed E-state index contributed by atoms with van der Waals surface area (Å²) in [5, 5.41) is 3.65. The van der Waals surface area contributed by atoms with Crippen LogP contribution in [0.3, 0.4) is 0 Å². The van der Waals surface area contributed by atoms with Crippen molar-refractivity contribution in [1.82, 2.24) is 20.3 Å². The van der Waals surface area contributed by atoms with E-state index in [2.05, 4.69) is 20.3 Å². The van der Waals surface area contributed by atoms with E-state index in [1.165, 1.54) is 11.3 Å². The van der Waals surface area contributed by atoms with E-state index in [-0.39, 0.29) is 5.91 Å². The average molecular weight is 447 g/mol. The number of hydrogen-bond donors (Lipinski definition) is 1. The molecule has 4 rings (SSSR count). The molecule has 1 amide bonds. The molecule has 3 heterocycles. The van der Waals surface area contributed by atoms with Gasteiger partial charge in [0.05, 0.1) is 18.0 Å². The van der Waals surface area contributed by atoms with E-state index in [1.807, 2.05) is 62.4 Å². The van der Waals surface area contributed by atoms with Gasteiger partial charge in [-0.1, -0.05) is 24.3 Å². The van der Waals surface area contributed by atoms with E-state index in [1.54, 1.807) is 18.5 Å². The number of hydrogen-bond acceptors (Lipinski definition) is 7. The van der Waals surface area contributed by atoms with E-state index in [9.17, 15) is 4.79 Å². The Kier molecular flexibility index (Phi) is 6.72. The zero-order valence-corrected chi connectivity index (χ0v) is 18.6. The number of carbonyl (C=O) groups is 1. The Bertz CT molecular complexity index is 1190. The smallest absolute Gasteiger partial charge is 0.263 e. The predicted molar refractivity (Wildman–Crippen MR) is 123 cm³/mol. The van der Waals surface area contributed by atoms with Crippen molar-refractivity contribution in [3.63, 3.8) is 0 Å². The van der Waals surface area contributed by atoms with Crippen molar-refractivity contribution in [3.8, 4) is 28.1 Å². The Morgan fingerprint density at radius 1 is 1.03 bits per heavy atom. The topological polar surface area (TPSA) is 86.2 Å². The summed E-state index contributed by atoms with van der Waals surface area (Å²) < 4.78 is 11.4. The molecule has 4 aromatic rings. The Morgan fingerprint density at radius 2 is 1.84 bits per heavy atom. The van der Waals surface area contributed by atoms with Crippen LogP contribution in [0.5, 0.6) is 17.4 Å². The molecule has 1 aromatic carbocycles. The van der Waals surface area contributed by atoms with E-state index in [4.69, 9.17) is 9.47 Å². The van der Waals surface area contributed by atoms with Crippen LogP contribution < -0.4 is 14.8 Å². The van der Waals surface area contributed by atoms with Crippen molar-refractivity contribution >= 4 is 17.2 Å². The fourth-order valence-corrected chi connectivity index (χ4v) is 3.93. The van der Waals surface area contributed by atoms with Crippen LogP contribution in [0.25, 0.3) is 10.7 Å². The van der Waals surface area contributed by atoms with Crippen molar-refractivity contribution in [2.75, 3.05) is 6.61 Å². The molecule has 0 aliphatic carbocycles. The third kappa shape index (κ3) is 5.09. The van der Waals surface area contributed by atoms with E-state index >= 15 is 0 Å². The summed E-state index contributed by atoms with van der Waals surface area (Å²) >= 11 is 1.33. The maximum atomic E-state index is 12.7. The minimum Gasteiger partial charge on any atom is -0.490 e. The molecular weight excluding hydrogens is 424 g/mol. The lowest BCUT2D eigenvalue weighted by Gasteiger charge is -2.11.